The van der Waals surface area contributed by atoms with Gasteiger partial charge in [-0.1, -0.05) is 5.16 Å². The van der Waals surface area contributed by atoms with Gasteiger partial charge in [0.15, 0.2) is 17.3 Å². The molecule has 0 saturated heterocycles. The minimum Gasteiger partial charge on any atom is -0.486 e. The van der Waals surface area contributed by atoms with Crippen molar-refractivity contribution in [3.63, 3.8) is 0 Å². The maximum absolute atomic E-state index is 12.5. The Hall–Kier alpha value is -2.00. The zero-order valence-electron chi connectivity index (χ0n) is 11.7. The van der Waals surface area contributed by atoms with Gasteiger partial charge in [-0.15, -0.1) is 0 Å². The van der Waals surface area contributed by atoms with Crippen molar-refractivity contribution in [3.8, 4) is 11.5 Å². The molecule has 1 aliphatic heterocycles. The zero-order chi connectivity index (χ0) is 15.6. The molecule has 0 aromatic heterocycles. The summed E-state index contributed by atoms with van der Waals surface area (Å²) in [4.78, 5) is 0.0480. The van der Waals surface area contributed by atoms with Crippen LogP contribution < -0.4 is 15.2 Å². The Bertz CT molecular complexity index is 659. The molecule has 9 heteroatoms. The molecule has 0 amide bonds. The highest BCUT2D eigenvalue weighted by Crippen LogP contribution is 2.33. The lowest BCUT2D eigenvalue weighted by Crippen LogP contribution is -2.43. The normalized spacial score (nSPS) is 16.8. The van der Waals surface area contributed by atoms with Crippen molar-refractivity contribution in [1.82, 2.24) is 4.31 Å². The van der Waals surface area contributed by atoms with Crippen molar-refractivity contribution in [2.24, 2.45) is 10.9 Å². The van der Waals surface area contributed by atoms with Crippen LogP contribution in [0.1, 0.15) is 6.92 Å². The zero-order valence-corrected chi connectivity index (χ0v) is 12.5. The molecular weight excluding hydrogens is 298 g/mol. The topological polar surface area (TPSA) is 114 Å². The molecular formula is C12H17N3O5S. The van der Waals surface area contributed by atoms with Crippen LogP contribution >= 0.6 is 0 Å². The second-order valence-electron chi connectivity index (χ2n) is 4.53. The third-order valence-corrected chi connectivity index (χ3v) is 5.20. The molecule has 1 aromatic carbocycles. The Balaban J connectivity index is 2.35. The van der Waals surface area contributed by atoms with E-state index in [1.165, 1.54) is 26.1 Å². The fraction of sp³-hybridized carbons (Fsp3) is 0.417. The van der Waals surface area contributed by atoms with Crippen LogP contribution in [0.5, 0.6) is 11.5 Å². The molecule has 0 radical (unpaired) electrons. The van der Waals surface area contributed by atoms with E-state index in [-0.39, 0.29) is 10.7 Å². The standard InChI is InChI=1S/C12H17N3O5S/c1-8(12(13)14-16)15(2)21(17,18)9-3-4-10-11(7-9)20-6-5-19-10/h3-4,7-8,16H,5-6H2,1-2H3,(H2,13,14). The van der Waals surface area contributed by atoms with Crippen LogP contribution in [-0.2, 0) is 10.0 Å². The first kappa shape index (κ1) is 15.4. The third-order valence-electron chi connectivity index (χ3n) is 3.28. The highest BCUT2D eigenvalue weighted by molar-refractivity contribution is 7.89. The maximum Gasteiger partial charge on any atom is 0.243 e. The molecule has 1 aromatic rings. The number of benzene rings is 1. The van der Waals surface area contributed by atoms with E-state index in [4.69, 9.17) is 20.4 Å². The predicted octanol–water partition coefficient (Wildman–Crippen LogP) is 0.213. The molecule has 1 atom stereocenters. The Morgan fingerprint density at radius 3 is 2.62 bits per heavy atom. The second-order valence-corrected chi connectivity index (χ2v) is 6.53. The predicted molar refractivity (Wildman–Crippen MR) is 75.3 cm³/mol. The van der Waals surface area contributed by atoms with Gasteiger partial charge in [0, 0.05) is 13.1 Å². The minimum atomic E-state index is -3.80. The number of nitrogens with two attached hydrogens (primary N) is 1. The Kier molecular flexibility index (Phi) is 4.24. The van der Waals surface area contributed by atoms with Crippen LogP contribution in [0.15, 0.2) is 28.3 Å². The van der Waals surface area contributed by atoms with Gasteiger partial charge >= 0.3 is 0 Å². The van der Waals surface area contributed by atoms with Crippen LogP contribution in [0.3, 0.4) is 0 Å². The average molecular weight is 315 g/mol. The minimum absolute atomic E-state index is 0.0480. The summed E-state index contributed by atoms with van der Waals surface area (Å²) in [7, 11) is -2.44. The number of nitrogens with zero attached hydrogens (tertiary/aromatic N) is 2. The molecule has 2 rings (SSSR count). The first-order valence-electron chi connectivity index (χ1n) is 6.23. The molecule has 3 N–H and O–H groups in total. The molecule has 0 fully saturated rings. The number of likely N-dealkylation sites (N-methyl/N-ethyl adjacent to an activating group) is 1. The van der Waals surface area contributed by atoms with Crippen LogP contribution in [0, 0.1) is 0 Å². The third kappa shape index (κ3) is 2.88. The van der Waals surface area contributed by atoms with Crippen LogP contribution in [0.4, 0.5) is 0 Å². The summed E-state index contributed by atoms with van der Waals surface area (Å²) < 4.78 is 36.8. The Morgan fingerprint density at radius 2 is 2.00 bits per heavy atom. The number of fused-ring (bicyclic) bond motifs is 1. The van der Waals surface area contributed by atoms with Gasteiger partial charge in [0.25, 0.3) is 0 Å². The van der Waals surface area contributed by atoms with Gasteiger partial charge in [-0.05, 0) is 19.1 Å². The molecule has 1 unspecified atom stereocenters. The van der Waals surface area contributed by atoms with Crippen molar-refractivity contribution in [3.05, 3.63) is 18.2 Å². The number of sulfonamides is 1. The van der Waals surface area contributed by atoms with Crippen molar-refractivity contribution >= 4 is 15.9 Å². The lowest BCUT2D eigenvalue weighted by atomic mass is 10.3. The van der Waals surface area contributed by atoms with Crippen molar-refractivity contribution in [2.45, 2.75) is 17.9 Å². The van der Waals surface area contributed by atoms with Crippen LogP contribution in [0.25, 0.3) is 0 Å². The van der Waals surface area contributed by atoms with Crippen LogP contribution in [0.2, 0.25) is 0 Å². The van der Waals surface area contributed by atoms with Gasteiger partial charge in [0.2, 0.25) is 10.0 Å². The molecule has 0 saturated carbocycles. The monoisotopic (exact) mass is 315 g/mol. The van der Waals surface area contributed by atoms with E-state index in [9.17, 15) is 8.42 Å². The van der Waals surface area contributed by atoms with Gasteiger partial charge in [0.05, 0.1) is 10.9 Å². The van der Waals surface area contributed by atoms with E-state index in [1.54, 1.807) is 6.07 Å². The molecule has 0 aliphatic carbocycles. The SMILES string of the molecule is CC(C(N)=NO)N(C)S(=O)(=O)c1ccc2c(c1)OCCO2. The largest absolute Gasteiger partial charge is 0.486 e. The van der Waals surface area contributed by atoms with Gasteiger partial charge < -0.3 is 20.4 Å². The first-order chi connectivity index (χ1) is 9.87. The number of amidine groups is 1. The number of ether oxygens (including phenoxy) is 2. The van der Waals surface area contributed by atoms with E-state index >= 15 is 0 Å². The molecule has 8 nitrogen and oxygen atoms in total. The first-order valence-corrected chi connectivity index (χ1v) is 7.67. The maximum atomic E-state index is 12.5. The number of oxime groups is 1. The Morgan fingerprint density at radius 1 is 1.38 bits per heavy atom. The summed E-state index contributed by atoms with van der Waals surface area (Å²) in [6, 6.07) is 3.59. The highest BCUT2D eigenvalue weighted by Gasteiger charge is 2.29. The van der Waals surface area contributed by atoms with E-state index in [2.05, 4.69) is 5.16 Å². The number of rotatable bonds is 4. The molecule has 0 spiro atoms. The number of hydrogen-bond donors (Lipinski definition) is 2. The summed E-state index contributed by atoms with van der Waals surface area (Å²) >= 11 is 0. The average Bonchev–Trinajstić information content (AvgIpc) is 2.52. The summed E-state index contributed by atoms with van der Waals surface area (Å²) in [6.07, 6.45) is 0. The van der Waals surface area contributed by atoms with Gasteiger partial charge in [-0.25, -0.2) is 8.42 Å². The molecule has 116 valence electrons. The summed E-state index contributed by atoms with van der Waals surface area (Å²) in [5, 5.41) is 11.5. The van der Waals surface area contributed by atoms with E-state index in [0.717, 1.165) is 4.31 Å². The van der Waals surface area contributed by atoms with Crippen molar-refractivity contribution in [2.75, 3.05) is 20.3 Å². The fourth-order valence-electron chi connectivity index (χ4n) is 1.83. The summed E-state index contributed by atoms with van der Waals surface area (Å²) in [5.74, 6) is 0.693. The summed E-state index contributed by atoms with van der Waals surface area (Å²) in [5.41, 5.74) is 5.45. The van der Waals surface area contributed by atoms with E-state index in [0.29, 0.717) is 24.7 Å². The van der Waals surface area contributed by atoms with Crippen molar-refractivity contribution < 1.29 is 23.1 Å². The van der Waals surface area contributed by atoms with Crippen LogP contribution in [-0.4, -0.2) is 50.1 Å². The van der Waals surface area contributed by atoms with Gasteiger partial charge in [0.1, 0.15) is 13.2 Å². The lowest BCUT2D eigenvalue weighted by molar-refractivity contribution is 0.171. The fourth-order valence-corrected chi connectivity index (χ4v) is 3.18. The lowest BCUT2D eigenvalue weighted by Gasteiger charge is -2.24. The van der Waals surface area contributed by atoms with E-state index < -0.39 is 16.1 Å². The molecule has 0 bridgehead atoms. The molecule has 21 heavy (non-hydrogen) atoms. The van der Waals surface area contributed by atoms with Gasteiger partial charge in [-0.3, -0.25) is 0 Å². The summed E-state index contributed by atoms with van der Waals surface area (Å²) in [6.45, 7) is 2.32. The van der Waals surface area contributed by atoms with Gasteiger partial charge in [-0.2, -0.15) is 4.31 Å². The molecule has 1 aliphatic rings. The Labute approximate surface area is 122 Å². The van der Waals surface area contributed by atoms with E-state index in [1.807, 2.05) is 0 Å². The highest BCUT2D eigenvalue weighted by atomic mass is 32.2. The molecule has 1 heterocycles. The number of hydrogen-bond acceptors (Lipinski definition) is 6. The smallest absolute Gasteiger partial charge is 0.243 e. The van der Waals surface area contributed by atoms with Crippen molar-refractivity contribution in [1.29, 1.82) is 0 Å². The quantitative estimate of drug-likeness (QED) is 0.355. The second kappa shape index (κ2) is 5.78.